The molecule has 2 N–H and O–H groups in total. The van der Waals surface area contributed by atoms with Crippen LogP contribution in [-0.2, 0) is 9.53 Å². The van der Waals surface area contributed by atoms with E-state index < -0.39 is 5.60 Å². The van der Waals surface area contributed by atoms with Gasteiger partial charge in [-0.3, -0.25) is 0 Å². The van der Waals surface area contributed by atoms with Gasteiger partial charge in [0, 0.05) is 0 Å². The second kappa shape index (κ2) is 4.42. The third-order valence-electron chi connectivity index (χ3n) is 5.58. The average molecular weight is 490 g/mol. The molecule has 6 atom stereocenters. The Labute approximate surface area is 137 Å². The van der Waals surface area contributed by atoms with E-state index in [4.69, 9.17) is 4.74 Å². The number of rotatable bonds is 4. The van der Waals surface area contributed by atoms with Gasteiger partial charge in [0.1, 0.15) is 0 Å². The van der Waals surface area contributed by atoms with E-state index in [-0.39, 0.29) is 38.0 Å². The van der Waals surface area contributed by atoms with Gasteiger partial charge in [-0.1, -0.05) is 0 Å². The van der Waals surface area contributed by atoms with Gasteiger partial charge in [-0.05, 0) is 0 Å². The zero-order chi connectivity index (χ0) is 13.3. The minimum atomic E-state index is -0.739. The number of alkyl halides is 2. The maximum absolute atomic E-state index is 11.9. The molecule has 0 radical (unpaired) electrons. The van der Waals surface area contributed by atoms with E-state index in [1.54, 1.807) is 0 Å². The Hall–Kier alpha value is 0.850. The summed E-state index contributed by atoms with van der Waals surface area (Å²) >= 11 is 2.19. The van der Waals surface area contributed by atoms with E-state index >= 15 is 0 Å². The van der Waals surface area contributed by atoms with Gasteiger partial charge in [-0.2, -0.15) is 0 Å². The van der Waals surface area contributed by atoms with Crippen LogP contribution < -0.4 is 25.0 Å². The van der Waals surface area contributed by atoms with Gasteiger partial charge < -0.3 is 0 Å². The molecule has 0 aromatic heterocycles. The van der Waals surface area contributed by atoms with E-state index in [1.165, 1.54) is 6.42 Å². The van der Waals surface area contributed by atoms with Gasteiger partial charge in [0.2, 0.25) is 0 Å². The number of carbonyl (C=O) groups excluding carboxylic acids is 1. The molecule has 4 aliphatic rings. The van der Waals surface area contributed by atoms with Gasteiger partial charge >= 0.3 is 138 Å². The first-order chi connectivity index (χ1) is 9.02. The molecule has 1 aliphatic heterocycles. The first-order valence-corrected chi connectivity index (χ1v) is 10.5. The standard InChI is InChI=1S/C13H18I2NO3/c14-9(10-15-16-10)11(17)19-6-13(18)2-1-12-4-7(12)3-8(13)5-12/h7-10,16,18H,1-6H2/q-1. The summed E-state index contributed by atoms with van der Waals surface area (Å²) in [5.41, 5.74) is -0.147. The van der Waals surface area contributed by atoms with Crippen molar-refractivity contribution in [3.63, 3.8) is 0 Å². The first kappa shape index (κ1) is 13.5. The van der Waals surface area contributed by atoms with Crippen molar-refractivity contribution in [2.75, 3.05) is 6.61 Å². The van der Waals surface area contributed by atoms with Crippen LogP contribution in [0.4, 0.5) is 0 Å². The van der Waals surface area contributed by atoms with Crippen molar-refractivity contribution in [3.8, 4) is 0 Å². The van der Waals surface area contributed by atoms with E-state index in [0.717, 1.165) is 31.6 Å². The number of hydrogen-bond donors (Lipinski definition) is 2. The van der Waals surface area contributed by atoms with Gasteiger partial charge in [0.25, 0.3) is 0 Å². The SMILES string of the molecule is O=C(OCC1(O)CCC23CC1CC2C3)C(I)C1N[I-]1. The summed E-state index contributed by atoms with van der Waals surface area (Å²) in [6, 6.07) is 0. The number of fused-ring (bicyclic) bond motifs is 1. The second-order valence-corrected chi connectivity index (χ2v) is 10.6. The molecule has 6 heteroatoms. The normalized spacial score (nSPS) is 51.8. The van der Waals surface area contributed by atoms with Crippen LogP contribution in [0.25, 0.3) is 0 Å². The molecule has 108 valence electrons. The van der Waals surface area contributed by atoms with Crippen molar-refractivity contribution >= 4 is 28.6 Å². The number of aliphatic hydroxyl groups is 1. The third kappa shape index (κ3) is 2.24. The Morgan fingerprint density at radius 1 is 1.47 bits per heavy atom. The number of hydrogen-bond acceptors (Lipinski definition) is 4. The minimum absolute atomic E-state index is 0.0329. The van der Waals surface area contributed by atoms with E-state index in [0.29, 0.717) is 15.4 Å². The summed E-state index contributed by atoms with van der Waals surface area (Å²) in [7, 11) is 0. The molecule has 1 saturated heterocycles. The second-order valence-electron chi connectivity index (χ2n) is 6.63. The summed E-state index contributed by atoms with van der Waals surface area (Å²) < 4.78 is 8.98. The predicted octanol–water partition coefficient (Wildman–Crippen LogP) is -1.79. The zero-order valence-corrected chi connectivity index (χ0v) is 14.9. The zero-order valence-electron chi connectivity index (χ0n) is 10.6. The number of nitrogens with one attached hydrogen (secondary N) is 1. The van der Waals surface area contributed by atoms with Crippen LogP contribution in [0.2, 0.25) is 0 Å². The molecule has 0 aromatic carbocycles. The van der Waals surface area contributed by atoms with Gasteiger partial charge in [-0.15, -0.1) is 0 Å². The summed E-state index contributed by atoms with van der Waals surface area (Å²) in [6.45, 7) is 0.212. The van der Waals surface area contributed by atoms with Crippen LogP contribution in [-0.4, -0.2) is 31.3 Å². The maximum atomic E-state index is 11.9. The first-order valence-electron chi connectivity index (χ1n) is 6.93. The molecule has 4 nitrogen and oxygen atoms in total. The van der Waals surface area contributed by atoms with Gasteiger partial charge in [-0.25, -0.2) is 0 Å². The number of carbonyl (C=O) groups is 1. The Balaban J connectivity index is 1.35. The fraction of sp³-hybridized carbons (Fsp3) is 0.923. The van der Waals surface area contributed by atoms with Crippen molar-refractivity contribution in [1.29, 1.82) is 0 Å². The summed E-state index contributed by atoms with van der Waals surface area (Å²) in [4.78, 5) is 11.9. The average Bonchev–Trinajstić information content (AvgIpc) is 3.31. The molecule has 3 saturated carbocycles. The van der Waals surface area contributed by atoms with Crippen molar-refractivity contribution in [3.05, 3.63) is 0 Å². The van der Waals surface area contributed by atoms with Crippen LogP contribution in [0.15, 0.2) is 0 Å². The molecule has 1 heterocycles. The van der Waals surface area contributed by atoms with Crippen LogP contribution in [0, 0.1) is 17.3 Å². The van der Waals surface area contributed by atoms with Crippen molar-refractivity contribution in [2.45, 2.75) is 45.7 Å². The number of esters is 1. The Morgan fingerprint density at radius 3 is 2.95 bits per heavy atom. The third-order valence-corrected chi connectivity index (χ3v) is 10.2. The Morgan fingerprint density at radius 2 is 2.21 bits per heavy atom. The summed E-state index contributed by atoms with van der Waals surface area (Å²) in [5, 5.41) is 10.8. The van der Waals surface area contributed by atoms with Gasteiger partial charge in [0.15, 0.2) is 0 Å². The molecule has 2 bridgehead atoms. The van der Waals surface area contributed by atoms with Crippen molar-refractivity contribution < 1.29 is 36.1 Å². The fourth-order valence-corrected chi connectivity index (χ4v) is 7.29. The summed E-state index contributed by atoms with van der Waals surface area (Å²) in [6.07, 6.45) is 5.64. The van der Waals surface area contributed by atoms with Crippen LogP contribution in [0.5, 0.6) is 0 Å². The quantitative estimate of drug-likeness (QED) is 0.122. The molecule has 6 unspecified atom stereocenters. The Bertz CT molecular complexity index is 430. The van der Waals surface area contributed by atoms with Crippen molar-refractivity contribution in [2.24, 2.45) is 17.3 Å². The van der Waals surface area contributed by atoms with E-state index in [2.05, 4.69) is 26.1 Å². The molecule has 4 fully saturated rings. The molecule has 4 rings (SSSR count). The number of ether oxygens (including phenoxy) is 1. The van der Waals surface area contributed by atoms with Gasteiger partial charge in [0.05, 0.1) is 0 Å². The number of halogens is 2. The molecule has 3 aliphatic carbocycles. The van der Waals surface area contributed by atoms with Crippen molar-refractivity contribution in [1.82, 2.24) is 3.53 Å². The topological polar surface area (TPSA) is 68.5 Å². The van der Waals surface area contributed by atoms with E-state index in [1.807, 2.05) is 0 Å². The Kier molecular flexibility index (Phi) is 3.14. The molecule has 0 amide bonds. The monoisotopic (exact) mass is 490 g/mol. The molecule has 0 aromatic rings. The molecular weight excluding hydrogens is 472 g/mol. The summed E-state index contributed by atoms with van der Waals surface area (Å²) in [5.74, 6) is 1.08. The molecule has 1 spiro atoms. The van der Waals surface area contributed by atoms with Crippen LogP contribution >= 0.6 is 22.6 Å². The van der Waals surface area contributed by atoms with Crippen LogP contribution in [0.3, 0.4) is 0 Å². The predicted molar refractivity (Wildman–Crippen MR) is 73.1 cm³/mol. The molecular formula is C13H18I2NO3-. The van der Waals surface area contributed by atoms with E-state index in [9.17, 15) is 9.90 Å². The van der Waals surface area contributed by atoms with Crippen LogP contribution in [0.1, 0.15) is 32.1 Å². The fourth-order valence-electron chi connectivity index (χ4n) is 4.15. The molecule has 19 heavy (non-hydrogen) atoms.